The van der Waals surface area contributed by atoms with Gasteiger partial charge in [0.1, 0.15) is 17.2 Å². The first-order valence-electron chi connectivity index (χ1n) is 16.1. The molecular formula is C44H24N4O. The van der Waals surface area contributed by atoms with E-state index in [1.807, 2.05) is 60.7 Å². The third kappa shape index (κ3) is 3.79. The van der Waals surface area contributed by atoms with Gasteiger partial charge in [0.15, 0.2) is 0 Å². The Morgan fingerprint density at radius 3 is 2.08 bits per heavy atom. The second kappa shape index (κ2) is 10.2. The summed E-state index contributed by atoms with van der Waals surface area (Å²) in [5, 5.41) is 26.6. The maximum absolute atomic E-state index is 10.5. The minimum atomic E-state index is 0.572. The summed E-state index contributed by atoms with van der Waals surface area (Å²) < 4.78 is 10.9. The molecule has 226 valence electrons. The molecule has 10 aromatic rings. The molecule has 0 amide bonds. The van der Waals surface area contributed by atoms with Crippen molar-refractivity contribution >= 4 is 65.6 Å². The number of nitriles is 2. The van der Waals surface area contributed by atoms with E-state index in [0.717, 1.165) is 88.1 Å². The monoisotopic (exact) mass is 624 g/mol. The molecule has 0 spiro atoms. The van der Waals surface area contributed by atoms with Gasteiger partial charge in [-0.1, -0.05) is 72.8 Å². The van der Waals surface area contributed by atoms with Crippen LogP contribution in [0.2, 0.25) is 0 Å². The lowest BCUT2D eigenvalue weighted by atomic mass is 9.98. The number of aromatic nitrogens is 2. The molecule has 5 nitrogen and oxygen atoms in total. The highest BCUT2D eigenvalue weighted by Crippen LogP contribution is 2.43. The van der Waals surface area contributed by atoms with E-state index in [4.69, 9.17) is 4.42 Å². The third-order valence-electron chi connectivity index (χ3n) is 9.77. The van der Waals surface area contributed by atoms with Gasteiger partial charge in [0.05, 0.1) is 50.3 Å². The van der Waals surface area contributed by atoms with Crippen LogP contribution in [0.15, 0.2) is 150 Å². The van der Waals surface area contributed by atoms with Crippen LogP contribution in [0.5, 0.6) is 0 Å². The van der Waals surface area contributed by atoms with Gasteiger partial charge in [0.2, 0.25) is 0 Å². The molecule has 49 heavy (non-hydrogen) atoms. The van der Waals surface area contributed by atoms with E-state index < -0.39 is 0 Å². The van der Waals surface area contributed by atoms with Gasteiger partial charge in [-0.3, -0.25) is 0 Å². The van der Waals surface area contributed by atoms with Crippen molar-refractivity contribution in [1.82, 2.24) is 9.13 Å². The number of nitrogens with zero attached hydrogens (tertiary/aromatic N) is 4. The van der Waals surface area contributed by atoms with E-state index in [1.165, 1.54) is 0 Å². The third-order valence-corrected chi connectivity index (χ3v) is 9.77. The molecule has 7 aromatic carbocycles. The van der Waals surface area contributed by atoms with Crippen molar-refractivity contribution in [2.75, 3.05) is 0 Å². The van der Waals surface area contributed by atoms with Gasteiger partial charge in [0, 0.05) is 38.2 Å². The van der Waals surface area contributed by atoms with Crippen molar-refractivity contribution in [2.45, 2.75) is 0 Å². The Morgan fingerprint density at radius 1 is 0.490 bits per heavy atom. The summed E-state index contributed by atoms with van der Waals surface area (Å²) in [5.74, 6) is 0. The highest BCUT2D eigenvalue weighted by Gasteiger charge is 2.22. The maximum Gasteiger partial charge on any atom is 0.137 e. The Morgan fingerprint density at radius 2 is 1.22 bits per heavy atom. The van der Waals surface area contributed by atoms with E-state index in [2.05, 4.69) is 106 Å². The summed E-state index contributed by atoms with van der Waals surface area (Å²) in [6.45, 7) is 0. The number of benzene rings is 7. The lowest BCUT2D eigenvalue weighted by Gasteiger charge is -2.16. The van der Waals surface area contributed by atoms with Gasteiger partial charge in [-0.05, 0) is 78.4 Å². The van der Waals surface area contributed by atoms with Crippen molar-refractivity contribution in [2.24, 2.45) is 0 Å². The standard InChI is InChI=1S/C44H24N4O/c45-25-27-17-20-39-35(23-27)32-12-4-6-15-37(32)48(39)43-29(26-46)9-8-14-31(43)28-18-21-38-36(24-28)33-19-22-41-42(34-13-5-7-16-40(34)49-41)44(33)47(38)30-10-2-1-3-11-30/h1-24H. The van der Waals surface area contributed by atoms with Crippen LogP contribution in [0.4, 0.5) is 0 Å². The zero-order chi connectivity index (χ0) is 32.6. The summed E-state index contributed by atoms with van der Waals surface area (Å²) in [6, 6.07) is 54.2. The van der Waals surface area contributed by atoms with E-state index in [9.17, 15) is 10.5 Å². The average Bonchev–Trinajstić information content (AvgIpc) is 3.81. The van der Waals surface area contributed by atoms with Gasteiger partial charge in [-0.15, -0.1) is 0 Å². The highest BCUT2D eigenvalue weighted by atomic mass is 16.3. The van der Waals surface area contributed by atoms with Crippen LogP contribution >= 0.6 is 0 Å². The average molecular weight is 625 g/mol. The Labute approximate surface area is 280 Å². The number of fused-ring (bicyclic) bond motifs is 10. The minimum Gasteiger partial charge on any atom is -0.456 e. The summed E-state index contributed by atoms with van der Waals surface area (Å²) in [6.07, 6.45) is 0. The molecule has 0 aliphatic rings. The van der Waals surface area contributed by atoms with Gasteiger partial charge in [0.25, 0.3) is 0 Å². The Hall–Kier alpha value is -7.08. The van der Waals surface area contributed by atoms with Gasteiger partial charge >= 0.3 is 0 Å². The lowest BCUT2D eigenvalue weighted by Crippen LogP contribution is -2.01. The molecule has 10 rings (SSSR count). The molecule has 0 aliphatic heterocycles. The second-order valence-corrected chi connectivity index (χ2v) is 12.3. The number of para-hydroxylation sites is 4. The molecule has 3 heterocycles. The minimum absolute atomic E-state index is 0.572. The van der Waals surface area contributed by atoms with Crippen molar-refractivity contribution in [3.63, 3.8) is 0 Å². The molecule has 3 aromatic heterocycles. The zero-order valence-corrected chi connectivity index (χ0v) is 26.1. The topological polar surface area (TPSA) is 70.6 Å². The zero-order valence-electron chi connectivity index (χ0n) is 26.1. The number of hydrogen-bond acceptors (Lipinski definition) is 3. The van der Waals surface area contributed by atoms with Crippen LogP contribution in [0.3, 0.4) is 0 Å². The Kier molecular flexibility index (Phi) is 5.64. The first-order valence-corrected chi connectivity index (χ1v) is 16.1. The van der Waals surface area contributed by atoms with Crippen LogP contribution in [-0.2, 0) is 0 Å². The predicted octanol–water partition coefficient (Wildman–Crippen LogP) is 11.2. The molecule has 0 aliphatic carbocycles. The van der Waals surface area contributed by atoms with Gasteiger partial charge in [-0.25, -0.2) is 0 Å². The largest absolute Gasteiger partial charge is 0.456 e. The normalized spacial score (nSPS) is 11.6. The summed E-state index contributed by atoms with van der Waals surface area (Å²) >= 11 is 0. The maximum atomic E-state index is 10.5. The fourth-order valence-corrected chi connectivity index (χ4v) is 7.72. The predicted molar refractivity (Wildman–Crippen MR) is 197 cm³/mol. The first-order chi connectivity index (χ1) is 24.2. The number of hydrogen-bond donors (Lipinski definition) is 0. The number of furan rings is 1. The summed E-state index contributed by atoms with van der Waals surface area (Å²) in [5.41, 5.74) is 10.8. The van der Waals surface area contributed by atoms with E-state index >= 15 is 0 Å². The second-order valence-electron chi connectivity index (χ2n) is 12.3. The summed E-state index contributed by atoms with van der Waals surface area (Å²) in [7, 11) is 0. The van der Waals surface area contributed by atoms with Crippen LogP contribution < -0.4 is 0 Å². The van der Waals surface area contributed by atoms with Crippen molar-refractivity contribution in [1.29, 1.82) is 10.5 Å². The van der Waals surface area contributed by atoms with Crippen LogP contribution in [0.1, 0.15) is 11.1 Å². The van der Waals surface area contributed by atoms with Crippen molar-refractivity contribution < 1.29 is 4.42 Å². The lowest BCUT2D eigenvalue weighted by molar-refractivity contribution is 0.669. The van der Waals surface area contributed by atoms with Crippen LogP contribution in [0.25, 0.3) is 88.1 Å². The fourth-order valence-electron chi connectivity index (χ4n) is 7.72. The molecule has 0 fully saturated rings. The SMILES string of the molecule is N#Cc1ccc2c(c1)c1ccccc1n2-c1c(C#N)cccc1-c1ccc2c(c1)c1ccc3oc4ccccc4c3c1n2-c1ccccc1. The van der Waals surface area contributed by atoms with E-state index in [0.29, 0.717) is 11.1 Å². The Bertz CT molecular complexity index is 3070. The molecule has 0 saturated carbocycles. The molecule has 0 unspecified atom stereocenters. The molecule has 0 radical (unpaired) electrons. The Balaban J connectivity index is 1.31. The van der Waals surface area contributed by atoms with E-state index in [-0.39, 0.29) is 0 Å². The van der Waals surface area contributed by atoms with Crippen molar-refractivity contribution in [3.05, 3.63) is 157 Å². The van der Waals surface area contributed by atoms with Crippen LogP contribution in [0, 0.1) is 22.7 Å². The smallest absolute Gasteiger partial charge is 0.137 e. The molecule has 0 N–H and O–H groups in total. The molecule has 0 atom stereocenters. The van der Waals surface area contributed by atoms with Gasteiger partial charge < -0.3 is 13.6 Å². The summed E-state index contributed by atoms with van der Waals surface area (Å²) in [4.78, 5) is 0. The van der Waals surface area contributed by atoms with Crippen molar-refractivity contribution in [3.8, 4) is 34.6 Å². The molecule has 0 bridgehead atoms. The molecule has 0 saturated heterocycles. The first kappa shape index (κ1) is 27.1. The van der Waals surface area contributed by atoms with E-state index in [1.54, 1.807) is 0 Å². The number of rotatable bonds is 3. The molecular weight excluding hydrogens is 601 g/mol. The van der Waals surface area contributed by atoms with Gasteiger partial charge in [-0.2, -0.15) is 10.5 Å². The highest BCUT2D eigenvalue weighted by molar-refractivity contribution is 6.25. The van der Waals surface area contributed by atoms with Crippen LogP contribution in [-0.4, -0.2) is 9.13 Å². The molecule has 5 heteroatoms. The quantitative estimate of drug-likeness (QED) is 0.196. The fraction of sp³-hybridized carbons (Fsp3) is 0.